The molecule has 0 spiro atoms. The highest BCUT2D eigenvalue weighted by Gasteiger charge is 2.27. The molecule has 0 bridgehead atoms. The molecule has 1 fully saturated rings. The van der Waals surface area contributed by atoms with E-state index in [1.54, 1.807) is 0 Å². The molecule has 1 saturated heterocycles. The zero-order valence-electron chi connectivity index (χ0n) is 12.1. The van der Waals surface area contributed by atoms with Gasteiger partial charge in [-0.15, -0.1) is 0 Å². The Kier molecular flexibility index (Phi) is 6.34. The lowest BCUT2D eigenvalue weighted by molar-refractivity contribution is 0.136. The fraction of sp³-hybridized carbons (Fsp3) is 0.625. The third kappa shape index (κ3) is 3.76. The summed E-state index contributed by atoms with van der Waals surface area (Å²) in [6.07, 6.45) is 6.46. The number of hydrogen-bond donors (Lipinski definition) is 1. The lowest BCUT2D eigenvalue weighted by Crippen LogP contribution is -2.41. The average Bonchev–Trinajstić information content (AvgIpc) is 2.69. The van der Waals surface area contributed by atoms with Gasteiger partial charge >= 0.3 is 0 Å². The van der Waals surface area contributed by atoms with Crippen molar-refractivity contribution in [2.45, 2.75) is 51.1 Å². The smallest absolute Gasteiger partial charge is 0.0548 e. The van der Waals surface area contributed by atoms with Crippen molar-refractivity contribution in [3.8, 4) is 0 Å². The molecule has 112 valence electrons. The van der Waals surface area contributed by atoms with Gasteiger partial charge < -0.3 is 5.73 Å². The van der Waals surface area contributed by atoms with E-state index >= 15 is 0 Å². The van der Waals surface area contributed by atoms with Crippen molar-refractivity contribution in [1.82, 2.24) is 4.90 Å². The first-order valence-electron chi connectivity index (χ1n) is 7.58. The Morgan fingerprint density at radius 2 is 2.20 bits per heavy atom. The minimum Gasteiger partial charge on any atom is -0.329 e. The van der Waals surface area contributed by atoms with Crippen LogP contribution in [0.2, 0.25) is 5.02 Å². The summed E-state index contributed by atoms with van der Waals surface area (Å²) in [4.78, 5) is 2.61. The molecule has 2 atom stereocenters. The molecule has 20 heavy (non-hydrogen) atoms. The van der Waals surface area contributed by atoms with E-state index in [1.165, 1.54) is 37.7 Å². The minimum absolute atomic E-state index is 0.298. The van der Waals surface area contributed by atoms with Gasteiger partial charge in [0.05, 0.1) is 5.02 Å². The van der Waals surface area contributed by atoms with Crippen LogP contribution in [0.15, 0.2) is 22.7 Å². The highest BCUT2D eigenvalue weighted by Crippen LogP contribution is 2.32. The van der Waals surface area contributed by atoms with Crippen LogP contribution >= 0.6 is 27.5 Å². The summed E-state index contributed by atoms with van der Waals surface area (Å²) in [6.45, 7) is 4.10. The molecular weight excluding hydrogens is 336 g/mol. The lowest BCUT2D eigenvalue weighted by Gasteiger charge is -2.36. The molecule has 0 amide bonds. The topological polar surface area (TPSA) is 29.3 Å². The van der Waals surface area contributed by atoms with Crippen LogP contribution in [0.1, 0.15) is 50.6 Å². The van der Waals surface area contributed by atoms with Gasteiger partial charge in [-0.1, -0.05) is 37.4 Å². The van der Waals surface area contributed by atoms with Crippen molar-refractivity contribution >= 4 is 27.5 Å². The van der Waals surface area contributed by atoms with E-state index in [0.717, 1.165) is 16.0 Å². The lowest BCUT2D eigenvalue weighted by atomic mass is 10.0. The third-order valence-corrected chi connectivity index (χ3v) is 5.56. The summed E-state index contributed by atoms with van der Waals surface area (Å²) in [5.41, 5.74) is 7.37. The van der Waals surface area contributed by atoms with Crippen molar-refractivity contribution in [2.75, 3.05) is 13.1 Å². The Morgan fingerprint density at radius 1 is 1.40 bits per heavy atom. The highest BCUT2D eigenvalue weighted by atomic mass is 79.9. The summed E-state index contributed by atoms with van der Waals surface area (Å²) >= 11 is 9.63. The fourth-order valence-electron chi connectivity index (χ4n) is 3.23. The largest absolute Gasteiger partial charge is 0.329 e. The second-order valence-electron chi connectivity index (χ2n) is 5.57. The zero-order chi connectivity index (χ0) is 14.5. The van der Waals surface area contributed by atoms with Gasteiger partial charge in [-0.3, -0.25) is 4.90 Å². The van der Waals surface area contributed by atoms with Gasteiger partial charge in [0, 0.05) is 23.1 Å². The molecule has 2 unspecified atom stereocenters. The van der Waals surface area contributed by atoms with Gasteiger partial charge in [-0.2, -0.15) is 0 Å². The molecule has 0 aromatic heterocycles. The van der Waals surface area contributed by atoms with Crippen molar-refractivity contribution in [3.63, 3.8) is 0 Å². The summed E-state index contributed by atoms with van der Waals surface area (Å²) in [5, 5.41) is 0.757. The van der Waals surface area contributed by atoms with Gasteiger partial charge in [0.1, 0.15) is 0 Å². The van der Waals surface area contributed by atoms with Crippen molar-refractivity contribution in [3.05, 3.63) is 33.3 Å². The Hall–Kier alpha value is -0.0900. The summed E-state index contributed by atoms with van der Waals surface area (Å²) in [7, 11) is 0. The molecule has 0 aliphatic carbocycles. The fourth-order valence-corrected chi connectivity index (χ4v) is 3.75. The maximum Gasteiger partial charge on any atom is 0.0548 e. The number of nitrogens with two attached hydrogens (primary N) is 1. The van der Waals surface area contributed by atoms with E-state index in [9.17, 15) is 0 Å². The number of benzene rings is 1. The molecular formula is C16H24BrClN2. The molecule has 0 saturated carbocycles. The molecule has 0 radical (unpaired) electrons. The molecule has 1 aromatic carbocycles. The molecule has 1 heterocycles. The number of likely N-dealkylation sites (tertiary alicyclic amines) is 1. The molecule has 1 aliphatic rings. The van der Waals surface area contributed by atoms with Crippen molar-refractivity contribution in [1.29, 1.82) is 0 Å². The van der Waals surface area contributed by atoms with Crippen LogP contribution in [0, 0.1) is 0 Å². The van der Waals surface area contributed by atoms with Crippen LogP contribution in [-0.4, -0.2) is 24.0 Å². The van der Waals surface area contributed by atoms with Crippen molar-refractivity contribution in [2.24, 2.45) is 5.73 Å². The number of hydrogen-bond acceptors (Lipinski definition) is 2. The van der Waals surface area contributed by atoms with Gasteiger partial charge in [-0.05, 0) is 59.4 Å². The van der Waals surface area contributed by atoms with E-state index in [1.807, 2.05) is 6.07 Å². The number of halogens is 2. The Balaban J connectivity index is 2.26. The molecule has 2 nitrogen and oxygen atoms in total. The second-order valence-corrected chi connectivity index (χ2v) is 6.84. The first kappa shape index (κ1) is 16.3. The molecule has 2 rings (SSSR count). The maximum absolute atomic E-state index is 6.10. The van der Waals surface area contributed by atoms with Crippen LogP contribution < -0.4 is 5.73 Å². The Morgan fingerprint density at radius 3 is 2.85 bits per heavy atom. The predicted octanol–water partition coefficient (Wildman–Crippen LogP) is 4.76. The SMILES string of the molecule is CCC1CCCCCN1C(CN)c1ccc(Cl)c(Br)c1. The first-order valence-corrected chi connectivity index (χ1v) is 8.75. The minimum atomic E-state index is 0.298. The summed E-state index contributed by atoms with van der Waals surface area (Å²) < 4.78 is 0.956. The Labute approximate surface area is 135 Å². The molecule has 1 aliphatic heterocycles. The maximum atomic E-state index is 6.10. The van der Waals surface area contributed by atoms with E-state index in [2.05, 4.69) is 39.9 Å². The standard InChI is InChI=1S/C16H24BrClN2/c1-2-13-6-4-3-5-9-20(13)16(11-19)12-7-8-15(18)14(17)10-12/h7-8,10,13,16H,2-6,9,11,19H2,1H3. The van der Waals surface area contributed by atoms with Crippen LogP contribution in [0.3, 0.4) is 0 Å². The van der Waals surface area contributed by atoms with Crippen LogP contribution in [0.25, 0.3) is 0 Å². The monoisotopic (exact) mass is 358 g/mol. The zero-order valence-corrected chi connectivity index (χ0v) is 14.5. The quantitative estimate of drug-likeness (QED) is 0.840. The van der Waals surface area contributed by atoms with Crippen LogP contribution in [0.5, 0.6) is 0 Å². The van der Waals surface area contributed by atoms with Gasteiger partial charge in [0.25, 0.3) is 0 Å². The van der Waals surface area contributed by atoms with Crippen LogP contribution in [0.4, 0.5) is 0 Å². The predicted molar refractivity (Wildman–Crippen MR) is 90.2 cm³/mol. The van der Waals surface area contributed by atoms with E-state index in [-0.39, 0.29) is 0 Å². The Bertz CT molecular complexity index is 438. The normalized spacial score (nSPS) is 22.5. The van der Waals surface area contributed by atoms with Crippen molar-refractivity contribution < 1.29 is 0 Å². The summed E-state index contributed by atoms with van der Waals surface area (Å²) in [5.74, 6) is 0. The molecule has 1 aromatic rings. The van der Waals surface area contributed by atoms with Crippen LogP contribution in [-0.2, 0) is 0 Å². The third-order valence-electron chi connectivity index (χ3n) is 4.35. The summed E-state index contributed by atoms with van der Waals surface area (Å²) in [6, 6.07) is 7.15. The van der Waals surface area contributed by atoms with E-state index in [4.69, 9.17) is 17.3 Å². The molecule has 4 heteroatoms. The number of rotatable bonds is 4. The number of nitrogens with zero attached hydrogens (tertiary/aromatic N) is 1. The molecule has 2 N–H and O–H groups in total. The van der Waals surface area contributed by atoms with Gasteiger partial charge in [0.15, 0.2) is 0 Å². The van der Waals surface area contributed by atoms with E-state index < -0.39 is 0 Å². The van der Waals surface area contributed by atoms with Gasteiger partial charge in [0.2, 0.25) is 0 Å². The second kappa shape index (κ2) is 7.79. The first-order chi connectivity index (χ1) is 9.67. The highest BCUT2D eigenvalue weighted by molar-refractivity contribution is 9.10. The average molecular weight is 360 g/mol. The van der Waals surface area contributed by atoms with Gasteiger partial charge in [-0.25, -0.2) is 0 Å². The van der Waals surface area contributed by atoms with E-state index in [0.29, 0.717) is 18.6 Å².